The van der Waals surface area contributed by atoms with E-state index in [0.29, 0.717) is 6.61 Å². The Hall–Kier alpha value is -1.05. The minimum Gasteiger partial charge on any atom is -0.462 e. The average molecular weight is 252 g/mol. The van der Waals surface area contributed by atoms with Gasteiger partial charge in [0.1, 0.15) is 6.61 Å². The van der Waals surface area contributed by atoms with Gasteiger partial charge in [0.25, 0.3) is 0 Å². The van der Waals surface area contributed by atoms with Crippen LogP contribution >= 0.6 is 0 Å². The summed E-state index contributed by atoms with van der Waals surface area (Å²) in [6.45, 7) is 4.06. The van der Waals surface area contributed by atoms with Crippen molar-refractivity contribution in [1.82, 2.24) is 0 Å². The smallest absolute Gasteiger partial charge is 0.302 e. The van der Waals surface area contributed by atoms with Gasteiger partial charge in [-0.05, 0) is 19.3 Å². The molecular weight excluding hydrogens is 224 g/mol. The topological polar surface area (TPSA) is 26.3 Å². The summed E-state index contributed by atoms with van der Waals surface area (Å²) in [5.41, 5.74) is 0. The lowest BCUT2D eigenvalue weighted by molar-refractivity contribution is -0.139. The van der Waals surface area contributed by atoms with Crippen LogP contribution < -0.4 is 0 Å². The highest BCUT2D eigenvalue weighted by Crippen LogP contribution is 2.07. The van der Waals surface area contributed by atoms with E-state index in [-0.39, 0.29) is 5.97 Å². The summed E-state index contributed by atoms with van der Waals surface area (Å²) in [4.78, 5) is 10.5. The number of allylic oxidation sites excluding steroid dienone is 3. The SMILES string of the molecule is CCCCCCCC/C=C\C/C=C/COC(C)=O. The highest BCUT2D eigenvalue weighted by atomic mass is 16.5. The minimum atomic E-state index is -0.224. The maximum atomic E-state index is 10.5. The van der Waals surface area contributed by atoms with Crippen molar-refractivity contribution in [3.63, 3.8) is 0 Å². The Bertz CT molecular complexity index is 241. The number of carbonyl (C=O) groups excluding carboxylic acids is 1. The Balaban J connectivity index is 3.20. The fourth-order valence-electron chi connectivity index (χ4n) is 1.66. The molecule has 0 N–H and O–H groups in total. The number of carbonyl (C=O) groups is 1. The number of unbranched alkanes of at least 4 members (excludes halogenated alkanes) is 6. The average Bonchev–Trinajstić information content (AvgIpc) is 2.34. The molecule has 0 aliphatic heterocycles. The molecule has 0 atom stereocenters. The van der Waals surface area contributed by atoms with Crippen molar-refractivity contribution in [2.45, 2.75) is 65.2 Å². The largest absolute Gasteiger partial charge is 0.462 e. The van der Waals surface area contributed by atoms with Crippen molar-refractivity contribution >= 4 is 5.97 Å². The van der Waals surface area contributed by atoms with E-state index in [9.17, 15) is 4.79 Å². The summed E-state index contributed by atoms with van der Waals surface area (Å²) in [7, 11) is 0. The minimum absolute atomic E-state index is 0.224. The number of rotatable bonds is 11. The van der Waals surface area contributed by atoms with Crippen LogP contribution in [0.15, 0.2) is 24.3 Å². The first-order valence-corrected chi connectivity index (χ1v) is 7.20. The fourth-order valence-corrected chi connectivity index (χ4v) is 1.66. The first-order chi connectivity index (χ1) is 8.77. The van der Waals surface area contributed by atoms with E-state index in [1.165, 1.54) is 51.9 Å². The van der Waals surface area contributed by atoms with Crippen molar-refractivity contribution in [2.24, 2.45) is 0 Å². The number of hydrogen-bond donors (Lipinski definition) is 0. The van der Waals surface area contributed by atoms with Gasteiger partial charge in [-0.1, -0.05) is 63.3 Å². The van der Waals surface area contributed by atoms with Crippen LogP contribution in [0.4, 0.5) is 0 Å². The quantitative estimate of drug-likeness (QED) is 0.300. The molecule has 0 rings (SSSR count). The van der Waals surface area contributed by atoms with Gasteiger partial charge in [0, 0.05) is 6.92 Å². The number of hydrogen-bond acceptors (Lipinski definition) is 2. The lowest BCUT2D eigenvalue weighted by Gasteiger charge is -1.97. The van der Waals surface area contributed by atoms with Gasteiger partial charge >= 0.3 is 5.97 Å². The monoisotopic (exact) mass is 252 g/mol. The fraction of sp³-hybridized carbons (Fsp3) is 0.688. The van der Waals surface area contributed by atoms with Gasteiger partial charge in [0.15, 0.2) is 0 Å². The van der Waals surface area contributed by atoms with E-state index < -0.39 is 0 Å². The van der Waals surface area contributed by atoms with Gasteiger partial charge < -0.3 is 4.74 Å². The first-order valence-electron chi connectivity index (χ1n) is 7.20. The van der Waals surface area contributed by atoms with Gasteiger partial charge in [-0.25, -0.2) is 0 Å². The molecule has 0 spiro atoms. The van der Waals surface area contributed by atoms with Gasteiger partial charge in [0.05, 0.1) is 0 Å². The summed E-state index contributed by atoms with van der Waals surface area (Å²) in [5.74, 6) is -0.224. The molecule has 0 aromatic rings. The van der Waals surface area contributed by atoms with Crippen LogP contribution in [0.1, 0.15) is 65.2 Å². The number of esters is 1. The predicted molar refractivity (Wildman–Crippen MR) is 77.5 cm³/mol. The standard InChI is InChI=1S/C16H28O2/c1-3-4-5-6-7-8-9-10-11-12-13-14-15-18-16(2)17/h10-11,13-14H,3-9,12,15H2,1-2H3/b11-10-,14-13+. The van der Waals surface area contributed by atoms with Crippen LogP contribution in [-0.4, -0.2) is 12.6 Å². The van der Waals surface area contributed by atoms with E-state index in [2.05, 4.69) is 19.1 Å². The summed E-state index contributed by atoms with van der Waals surface area (Å²) in [5, 5.41) is 0. The molecule has 0 aromatic heterocycles. The van der Waals surface area contributed by atoms with Crippen molar-refractivity contribution in [1.29, 1.82) is 0 Å². The van der Waals surface area contributed by atoms with Crippen LogP contribution in [0.3, 0.4) is 0 Å². The molecule has 0 saturated heterocycles. The summed E-state index contributed by atoms with van der Waals surface area (Å²) in [6, 6.07) is 0. The Morgan fingerprint density at radius 1 is 0.944 bits per heavy atom. The molecule has 0 unspecified atom stereocenters. The van der Waals surface area contributed by atoms with Gasteiger partial charge in [-0.15, -0.1) is 0 Å². The molecule has 0 amide bonds. The van der Waals surface area contributed by atoms with Crippen LogP contribution in [0.5, 0.6) is 0 Å². The van der Waals surface area contributed by atoms with E-state index in [1.807, 2.05) is 12.2 Å². The second kappa shape index (κ2) is 14.0. The Kier molecular flexibility index (Phi) is 13.2. The Morgan fingerprint density at radius 2 is 1.61 bits per heavy atom. The zero-order valence-electron chi connectivity index (χ0n) is 12.0. The van der Waals surface area contributed by atoms with Crippen molar-refractivity contribution < 1.29 is 9.53 Å². The normalized spacial score (nSPS) is 11.4. The summed E-state index contributed by atoms with van der Waals surface area (Å²) < 4.78 is 4.78. The Morgan fingerprint density at radius 3 is 2.33 bits per heavy atom. The highest BCUT2D eigenvalue weighted by Gasteiger charge is 1.88. The van der Waals surface area contributed by atoms with E-state index in [4.69, 9.17) is 4.74 Å². The number of ether oxygens (including phenoxy) is 1. The van der Waals surface area contributed by atoms with E-state index in [0.717, 1.165) is 6.42 Å². The second-order valence-corrected chi connectivity index (χ2v) is 4.54. The van der Waals surface area contributed by atoms with Gasteiger partial charge in [-0.3, -0.25) is 4.79 Å². The lowest BCUT2D eigenvalue weighted by atomic mass is 10.1. The molecule has 0 fully saturated rings. The van der Waals surface area contributed by atoms with E-state index >= 15 is 0 Å². The molecular formula is C16H28O2. The highest BCUT2D eigenvalue weighted by molar-refractivity contribution is 5.65. The molecule has 0 aliphatic rings. The lowest BCUT2D eigenvalue weighted by Crippen LogP contribution is -1.97. The molecule has 0 heterocycles. The molecule has 0 saturated carbocycles. The van der Waals surface area contributed by atoms with Crippen molar-refractivity contribution in [3.8, 4) is 0 Å². The molecule has 0 aliphatic carbocycles. The maximum Gasteiger partial charge on any atom is 0.302 e. The summed E-state index contributed by atoms with van der Waals surface area (Å²) in [6.07, 6.45) is 18.6. The van der Waals surface area contributed by atoms with Crippen molar-refractivity contribution in [3.05, 3.63) is 24.3 Å². The zero-order valence-corrected chi connectivity index (χ0v) is 12.0. The molecule has 104 valence electrons. The second-order valence-electron chi connectivity index (χ2n) is 4.54. The van der Waals surface area contributed by atoms with Crippen LogP contribution in [0, 0.1) is 0 Å². The Labute approximate surface area is 112 Å². The third-order valence-corrected chi connectivity index (χ3v) is 2.71. The van der Waals surface area contributed by atoms with Crippen molar-refractivity contribution in [2.75, 3.05) is 6.61 Å². The van der Waals surface area contributed by atoms with Crippen LogP contribution in [0.2, 0.25) is 0 Å². The van der Waals surface area contributed by atoms with Crippen LogP contribution in [0.25, 0.3) is 0 Å². The van der Waals surface area contributed by atoms with E-state index in [1.54, 1.807) is 0 Å². The molecule has 2 heteroatoms. The molecule has 0 aromatic carbocycles. The van der Waals surface area contributed by atoms with Crippen LogP contribution in [-0.2, 0) is 9.53 Å². The molecule has 18 heavy (non-hydrogen) atoms. The third kappa shape index (κ3) is 14.9. The molecule has 2 nitrogen and oxygen atoms in total. The summed E-state index contributed by atoms with van der Waals surface area (Å²) >= 11 is 0. The third-order valence-electron chi connectivity index (χ3n) is 2.71. The maximum absolute atomic E-state index is 10.5. The van der Waals surface area contributed by atoms with Gasteiger partial charge in [-0.2, -0.15) is 0 Å². The molecule has 0 bridgehead atoms. The van der Waals surface area contributed by atoms with Gasteiger partial charge in [0.2, 0.25) is 0 Å². The zero-order chi connectivity index (χ0) is 13.5. The first kappa shape index (κ1) is 16.9. The molecule has 0 radical (unpaired) electrons. The predicted octanol–water partition coefficient (Wildman–Crippen LogP) is 4.80.